The molecule has 52 heavy (non-hydrogen) atoms. The molecule has 0 N–H and O–H groups in total. The SMILES string of the molecule is CC1(C)c2ccccc2-c2ccc(-c3cc(-c4cccc(-c5cccc(-n6c7ccccc7c7ccccc76)c5)c4)nc(-c4ccccc4)n3)cc21. The highest BCUT2D eigenvalue weighted by Gasteiger charge is 2.35. The van der Waals surface area contributed by atoms with E-state index in [1.54, 1.807) is 0 Å². The maximum absolute atomic E-state index is 5.18. The minimum absolute atomic E-state index is 0.0951. The summed E-state index contributed by atoms with van der Waals surface area (Å²) in [6, 6.07) is 63.0. The maximum atomic E-state index is 5.18. The zero-order chi connectivity index (χ0) is 34.8. The van der Waals surface area contributed by atoms with Crippen LogP contribution in [0.4, 0.5) is 0 Å². The van der Waals surface area contributed by atoms with E-state index in [1.807, 2.05) is 18.2 Å². The number of benzene rings is 7. The predicted molar refractivity (Wildman–Crippen MR) is 216 cm³/mol. The lowest BCUT2D eigenvalue weighted by molar-refractivity contribution is 0.660. The van der Waals surface area contributed by atoms with Crippen LogP contribution < -0.4 is 0 Å². The van der Waals surface area contributed by atoms with Crippen molar-refractivity contribution in [1.29, 1.82) is 0 Å². The number of para-hydroxylation sites is 2. The van der Waals surface area contributed by atoms with Crippen molar-refractivity contribution in [2.45, 2.75) is 19.3 Å². The predicted octanol–water partition coefficient (Wildman–Crippen LogP) is 12.5. The molecule has 2 aromatic heterocycles. The van der Waals surface area contributed by atoms with Crippen LogP contribution in [0.3, 0.4) is 0 Å². The van der Waals surface area contributed by atoms with Crippen molar-refractivity contribution in [2.24, 2.45) is 0 Å². The van der Waals surface area contributed by atoms with E-state index in [4.69, 9.17) is 9.97 Å². The van der Waals surface area contributed by atoms with Gasteiger partial charge in [-0.2, -0.15) is 0 Å². The van der Waals surface area contributed by atoms with Crippen molar-refractivity contribution < 1.29 is 0 Å². The molecule has 1 aliphatic carbocycles. The van der Waals surface area contributed by atoms with Crippen LogP contribution in [0.25, 0.3) is 83.6 Å². The molecule has 246 valence electrons. The fourth-order valence-corrected chi connectivity index (χ4v) is 8.21. The minimum atomic E-state index is -0.0951. The number of rotatable bonds is 5. The summed E-state index contributed by atoms with van der Waals surface area (Å²) in [5, 5.41) is 2.52. The quantitative estimate of drug-likeness (QED) is 0.183. The molecule has 1 aliphatic rings. The van der Waals surface area contributed by atoms with E-state index in [2.05, 4.69) is 176 Å². The first-order valence-corrected chi connectivity index (χ1v) is 17.9. The molecule has 2 heterocycles. The van der Waals surface area contributed by atoms with Gasteiger partial charge in [-0.1, -0.05) is 147 Å². The van der Waals surface area contributed by atoms with Crippen LogP contribution in [-0.4, -0.2) is 14.5 Å². The second kappa shape index (κ2) is 11.8. The summed E-state index contributed by atoms with van der Waals surface area (Å²) in [7, 11) is 0. The summed E-state index contributed by atoms with van der Waals surface area (Å²) >= 11 is 0. The smallest absolute Gasteiger partial charge is 0.160 e. The highest BCUT2D eigenvalue weighted by atomic mass is 15.0. The van der Waals surface area contributed by atoms with Gasteiger partial charge in [0, 0.05) is 38.6 Å². The zero-order valence-corrected chi connectivity index (χ0v) is 29.1. The Morgan fingerprint density at radius 1 is 0.404 bits per heavy atom. The molecule has 9 aromatic rings. The third kappa shape index (κ3) is 4.81. The van der Waals surface area contributed by atoms with E-state index in [0.29, 0.717) is 0 Å². The summed E-state index contributed by atoms with van der Waals surface area (Å²) in [6.07, 6.45) is 0. The van der Waals surface area contributed by atoms with E-state index in [0.717, 1.165) is 50.7 Å². The molecule has 0 amide bonds. The van der Waals surface area contributed by atoms with Gasteiger partial charge in [-0.05, 0) is 75.8 Å². The lowest BCUT2D eigenvalue weighted by atomic mass is 9.82. The first kappa shape index (κ1) is 30.3. The Bertz CT molecular complexity index is 2770. The Morgan fingerprint density at radius 2 is 0.962 bits per heavy atom. The molecule has 0 radical (unpaired) electrons. The molecule has 0 unspecified atom stereocenters. The first-order chi connectivity index (χ1) is 25.5. The van der Waals surface area contributed by atoms with Crippen LogP contribution >= 0.6 is 0 Å². The molecule has 0 saturated carbocycles. The monoisotopic (exact) mass is 665 g/mol. The van der Waals surface area contributed by atoms with Crippen LogP contribution in [0.15, 0.2) is 176 Å². The van der Waals surface area contributed by atoms with Crippen molar-refractivity contribution in [3.8, 4) is 61.8 Å². The average Bonchev–Trinajstić information content (AvgIpc) is 3.66. The van der Waals surface area contributed by atoms with Gasteiger partial charge in [0.15, 0.2) is 5.82 Å². The number of hydrogen-bond donors (Lipinski definition) is 0. The molecule has 0 saturated heterocycles. The van der Waals surface area contributed by atoms with E-state index < -0.39 is 0 Å². The molecule has 0 aliphatic heterocycles. The fraction of sp³-hybridized carbons (Fsp3) is 0.0612. The highest BCUT2D eigenvalue weighted by molar-refractivity contribution is 6.09. The van der Waals surface area contributed by atoms with Gasteiger partial charge in [-0.3, -0.25) is 0 Å². The molecule has 0 bridgehead atoms. The Kier molecular flexibility index (Phi) is 6.84. The lowest BCUT2D eigenvalue weighted by Gasteiger charge is -2.22. The van der Waals surface area contributed by atoms with E-state index in [1.165, 1.54) is 44.1 Å². The summed E-state index contributed by atoms with van der Waals surface area (Å²) in [4.78, 5) is 10.4. The van der Waals surface area contributed by atoms with Crippen LogP contribution in [0.5, 0.6) is 0 Å². The van der Waals surface area contributed by atoms with Crippen LogP contribution in [0, 0.1) is 0 Å². The Morgan fingerprint density at radius 3 is 1.71 bits per heavy atom. The summed E-state index contributed by atoms with van der Waals surface area (Å²) in [5.41, 5.74) is 16.0. The second-order valence-corrected chi connectivity index (χ2v) is 14.3. The molecule has 0 fully saturated rings. The van der Waals surface area contributed by atoms with Crippen molar-refractivity contribution in [3.05, 3.63) is 187 Å². The van der Waals surface area contributed by atoms with Gasteiger partial charge < -0.3 is 4.57 Å². The van der Waals surface area contributed by atoms with Crippen LogP contribution in [0.1, 0.15) is 25.0 Å². The van der Waals surface area contributed by atoms with Gasteiger partial charge in [0.2, 0.25) is 0 Å². The van der Waals surface area contributed by atoms with Crippen molar-refractivity contribution in [2.75, 3.05) is 0 Å². The largest absolute Gasteiger partial charge is 0.309 e. The van der Waals surface area contributed by atoms with Crippen molar-refractivity contribution in [3.63, 3.8) is 0 Å². The Labute approximate surface area is 303 Å². The van der Waals surface area contributed by atoms with E-state index >= 15 is 0 Å². The highest BCUT2D eigenvalue weighted by Crippen LogP contribution is 2.49. The van der Waals surface area contributed by atoms with Gasteiger partial charge in [-0.25, -0.2) is 9.97 Å². The summed E-state index contributed by atoms with van der Waals surface area (Å²) in [5.74, 6) is 0.718. The number of aromatic nitrogens is 3. The Hall–Kier alpha value is -6.58. The molecule has 3 nitrogen and oxygen atoms in total. The van der Waals surface area contributed by atoms with Crippen molar-refractivity contribution in [1.82, 2.24) is 14.5 Å². The van der Waals surface area contributed by atoms with Gasteiger partial charge in [-0.15, -0.1) is 0 Å². The number of nitrogens with zero attached hydrogens (tertiary/aromatic N) is 3. The van der Waals surface area contributed by atoms with Crippen LogP contribution in [0.2, 0.25) is 0 Å². The topological polar surface area (TPSA) is 30.7 Å². The maximum Gasteiger partial charge on any atom is 0.160 e. The van der Waals surface area contributed by atoms with Gasteiger partial charge >= 0.3 is 0 Å². The second-order valence-electron chi connectivity index (χ2n) is 14.3. The first-order valence-electron chi connectivity index (χ1n) is 17.9. The molecule has 3 heteroatoms. The summed E-state index contributed by atoms with van der Waals surface area (Å²) < 4.78 is 2.37. The standard InChI is InChI=1S/C49H35N3/c1-49(2)42-23-9-6-20-38(42)39-27-26-36(30-43(39)49)45-31-44(50-48(51-45)32-14-4-3-5-15-32)35-18-12-16-33(28-35)34-17-13-19-37(29-34)52-46-24-10-7-21-40(46)41-22-8-11-25-47(41)52/h3-31H,1-2H3. The van der Waals surface area contributed by atoms with Crippen LogP contribution in [-0.2, 0) is 5.41 Å². The van der Waals surface area contributed by atoms with Gasteiger partial charge in [0.05, 0.1) is 22.4 Å². The van der Waals surface area contributed by atoms with Gasteiger partial charge in [0.1, 0.15) is 0 Å². The minimum Gasteiger partial charge on any atom is -0.309 e. The molecule has 10 rings (SSSR count). The molecule has 0 spiro atoms. The summed E-state index contributed by atoms with van der Waals surface area (Å²) in [6.45, 7) is 4.65. The molecule has 7 aromatic carbocycles. The molecule has 0 atom stereocenters. The Balaban J connectivity index is 1.09. The normalized spacial score (nSPS) is 13.0. The average molecular weight is 666 g/mol. The number of hydrogen-bond acceptors (Lipinski definition) is 2. The lowest BCUT2D eigenvalue weighted by Crippen LogP contribution is -2.14. The molecular formula is C49H35N3. The number of fused-ring (bicyclic) bond motifs is 6. The van der Waals surface area contributed by atoms with E-state index in [9.17, 15) is 0 Å². The third-order valence-electron chi connectivity index (χ3n) is 10.8. The fourth-order valence-electron chi connectivity index (χ4n) is 8.21. The van der Waals surface area contributed by atoms with E-state index in [-0.39, 0.29) is 5.41 Å². The molecular weight excluding hydrogens is 631 g/mol. The zero-order valence-electron chi connectivity index (χ0n) is 29.1. The third-order valence-corrected chi connectivity index (χ3v) is 10.8. The van der Waals surface area contributed by atoms with Gasteiger partial charge in [0.25, 0.3) is 0 Å². The van der Waals surface area contributed by atoms with Crippen molar-refractivity contribution >= 4 is 21.8 Å².